The van der Waals surface area contributed by atoms with Crippen molar-refractivity contribution in [3.8, 4) is 17.0 Å². The number of hydrogen-bond donors (Lipinski definition) is 1. The van der Waals surface area contributed by atoms with E-state index in [9.17, 15) is 4.79 Å². The Labute approximate surface area is 249 Å². The van der Waals surface area contributed by atoms with Crippen LogP contribution in [0.5, 0.6) is 5.75 Å². The minimum atomic E-state index is -0.312. The van der Waals surface area contributed by atoms with Crippen LogP contribution < -0.4 is 10.2 Å². The molecule has 6 nitrogen and oxygen atoms in total. The van der Waals surface area contributed by atoms with E-state index in [2.05, 4.69) is 41.1 Å². The number of benzene rings is 4. The average Bonchev–Trinajstić information content (AvgIpc) is 3.28. The van der Waals surface area contributed by atoms with E-state index in [0.29, 0.717) is 17.8 Å². The highest BCUT2D eigenvalue weighted by Crippen LogP contribution is 2.30. The number of para-hydroxylation sites is 2. The second kappa shape index (κ2) is 11.5. The summed E-state index contributed by atoms with van der Waals surface area (Å²) >= 11 is 6.51. The molecule has 42 heavy (non-hydrogen) atoms. The lowest BCUT2D eigenvalue weighted by Gasteiger charge is -2.11. The molecule has 0 aliphatic heterocycles. The van der Waals surface area contributed by atoms with Crippen molar-refractivity contribution < 1.29 is 9.53 Å². The van der Waals surface area contributed by atoms with E-state index < -0.39 is 0 Å². The van der Waals surface area contributed by atoms with Crippen LogP contribution in [-0.2, 0) is 6.54 Å². The van der Waals surface area contributed by atoms with Crippen LogP contribution in [0.3, 0.4) is 0 Å². The molecule has 208 valence electrons. The fourth-order valence-electron chi connectivity index (χ4n) is 5.39. The van der Waals surface area contributed by atoms with Crippen LogP contribution >= 0.6 is 11.6 Å². The lowest BCUT2D eigenvalue weighted by molar-refractivity contribution is 0.0956. The number of nitrogens with zero attached hydrogens (tertiary/aromatic N) is 3. The first-order chi connectivity index (χ1) is 20.4. The summed E-state index contributed by atoms with van der Waals surface area (Å²) in [5.41, 5.74) is 10.9. The molecule has 0 unspecified atom stereocenters. The second-order valence-corrected chi connectivity index (χ2v) is 10.6. The third kappa shape index (κ3) is 5.13. The van der Waals surface area contributed by atoms with Crippen LogP contribution in [0.4, 0.5) is 0 Å². The fraction of sp³-hybridized carbons (Fsp3) is 0.114. The number of methoxy groups -OCH3 is 1. The highest BCUT2D eigenvalue weighted by Gasteiger charge is 2.17. The highest BCUT2D eigenvalue weighted by atomic mass is 35.5. The molecule has 0 bridgehead atoms. The van der Waals surface area contributed by atoms with Crippen LogP contribution in [0.1, 0.15) is 32.7 Å². The van der Waals surface area contributed by atoms with Gasteiger partial charge in [-0.3, -0.25) is 4.79 Å². The molecular formula is C35H29ClN4O2. The summed E-state index contributed by atoms with van der Waals surface area (Å²) < 4.78 is 7.54. The SMILES string of the molecule is COc1ccc(-c2cc(C(=O)N/N=C/c3c(C)n(Cc4ccccc4Cl)c4c(C)cccc34)c3ccccc3n2)cc1. The maximum absolute atomic E-state index is 13.5. The monoisotopic (exact) mass is 572 g/mol. The number of ether oxygens (including phenoxy) is 1. The molecule has 0 radical (unpaired) electrons. The summed E-state index contributed by atoms with van der Waals surface area (Å²) in [5, 5.41) is 6.98. The molecule has 2 heterocycles. The maximum Gasteiger partial charge on any atom is 0.272 e. The minimum absolute atomic E-state index is 0.312. The van der Waals surface area contributed by atoms with Crippen molar-refractivity contribution in [1.29, 1.82) is 0 Å². The van der Waals surface area contributed by atoms with Gasteiger partial charge in [0, 0.05) is 39.2 Å². The molecule has 6 rings (SSSR count). The maximum atomic E-state index is 13.5. The minimum Gasteiger partial charge on any atom is -0.497 e. The largest absolute Gasteiger partial charge is 0.497 e. The number of hydrogen-bond acceptors (Lipinski definition) is 4. The Morgan fingerprint density at radius 1 is 0.952 bits per heavy atom. The number of carbonyl (C=O) groups is 1. The average molecular weight is 573 g/mol. The number of halogens is 1. The molecule has 6 aromatic rings. The van der Waals surface area contributed by atoms with E-state index in [0.717, 1.165) is 60.5 Å². The number of hydrazone groups is 1. The Morgan fingerprint density at radius 2 is 1.69 bits per heavy atom. The Kier molecular flexibility index (Phi) is 7.46. The van der Waals surface area contributed by atoms with Gasteiger partial charge in [-0.1, -0.05) is 66.2 Å². The quantitative estimate of drug-likeness (QED) is 0.156. The van der Waals surface area contributed by atoms with Gasteiger partial charge in [0.05, 0.1) is 35.6 Å². The van der Waals surface area contributed by atoms with Gasteiger partial charge in [0.25, 0.3) is 5.91 Å². The molecule has 1 N–H and O–H groups in total. The van der Waals surface area contributed by atoms with E-state index in [-0.39, 0.29) is 5.91 Å². The molecule has 0 spiro atoms. The molecule has 1 amide bonds. The smallest absolute Gasteiger partial charge is 0.272 e. The van der Waals surface area contributed by atoms with Gasteiger partial charge < -0.3 is 9.30 Å². The predicted octanol–water partition coefficient (Wildman–Crippen LogP) is 7.95. The van der Waals surface area contributed by atoms with Crippen LogP contribution in [0, 0.1) is 13.8 Å². The highest BCUT2D eigenvalue weighted by molar-refractivity contribution is 6.31. The third-order valence-electron chi connectivity index (χ3n) is 7.59. The first-order valence-electron chi connectivity index (χ1n) is 13.6. The summed E-state index contributed by atoms with van der Waals surface area (Å²) in [6.07, 6.45) is 1.73. The van der Waals surface area contributed by atoms with Gasteiger partial charge in [0.1, 0.15) is 5.75 Å². The van der Waals surface area contributed by atoms with Gasteiger partial charge in [0.15, 0.2) is 0 Å². The summed E-state index contributed by atoms with van der Waals surface area (Å²) in [4.78, 5) is 18.3. The molecule has 0 fully saturated rings. The Bertz CT molecular complexity index is 1980. The van der Waals surface area contributed by atoms with Crippen molar-refractivity contribution in [2.45, 2.75) is 20.4 Å². The zero-order chi connectivity index (χ0) is 29.2. The van der Waals surface area contributed by atoms with Crippen molar-refractivity contribution in [3.05, 3.63) is 130 Å². The number of fused-ring (bicyclic) bond motifs is 2. The van der Waals surface area contributed by atoms with E-state index in [1.807, 2.05) is 78.9 Å². The number of aromatic nitrogens is 2. The normalized spacial score (nSPS) is 11.4. The molecule has 4 aromatic carbocycles. The first kappa shape index (κ1) is 27.2. The molecule has 0 aliphatic rings. The van der Waals surface area contributed by atoms with Gasteiger partial charge in [-0.25, -0.2) is 10.4 Å². The second-order valence-electron chi connectivity index (χ2n) is 10.1. The predicted molar refractivity (Wildman–Crippen MR) is 171 cm³/mol. The van der Waals surface area contributed by atoms with Gasteiger partial charge in [-0.2, -0.15) is 5.10 Å². The molecular weight excluding hydrogens is 544 g/mol. The van der Waals surface area contributed by atoms with Crippen LogP contribution in [-0.4, -0.2) is 28.8 Å². The third-order valence-corrected chi connectivity index (χ3v) is 7.95. The molecule has 0 saturated heterocycles. The van der Waals surface area contributed by atoms with Crippen LogP contribution in [0.25, 0.3) is 33.1 Å². The number of amides is 1. The molecule has 0 saturated carbocycles. The Balaban J connectivity index is 1.34. The zero-order valence-electron chi connectivity index (χ0n) is 23.6. The number of aryl methyl sites for hydroxylation is 1. The lowest BCUT2D eigenvalue weighted by atomic mass is 10.0. The van der Waals surface area contributed by atoms with Crippen molar-refractivity contribution >= 4 is 45.5 Å². The molecule has 0 atom stereocenters. The van der Waals surface area contributed by atoms with Crippen LogP contribution in [0.2, 0.25) is 5.02 Å². The van der Waals surface area contributed by atoms with Gasteiger partial charge >= 0.3 is 0 Å². The first-order valence-corrected chi connectivity index (χ1v) is 14.0. The number of nitrogens with one attached hydrogen (secondary N) is 1. The zero-order valence-corrected chi connectivity index (χ0v) is 24.3. The van der Waals surface area contributed by atoms with E-state index in [4.69, 9.17) is 21.3 Å². The fourth-order valence-corrected chi connectivity index (χ4v) is 5.58. The van der Waals surface area contributed by atoms with E-state index in [1.165, 1.54) is 0 Å². The lowest BCUT2D eigenvalue weighted by Crippen LogP contribution is -2.18. The van der Waals surface area contributed by atoms with Crippen molar-refractivity contribution in [1.82, 2.24) is 15.0 Å². The summed E-state index contributed by atoms with van der Waals surface area (Å²) in [6.45, 7) is 4.80. The van der Waals surface area contributed by atoms with Crippen LogP contribution in [0.15, 0.2) is 102 Å². The number of pyridine rings is 1. The van der Waals surface area contributed by atoms with E-state index >= 15 is 0 Å². The van der Waals surface area contributed by atoms with Gasteiger partial charge in [-0.15, -0.1) is 0 Å². The summed E-state index contributed by atoms with van der Waals surface area (Å²) in [5.74, 6) is 0.443. The molecule has 7 heteroatoms. The van der Waals surface area contributed by atoms with Crippen molar-refractivity contribution in [2.24, 2.45) is 5.10 Å². The van der Waals surface area contributed by atoms with E-state index in [1.54, 1.807) is 19.4 Å². The van der Waals surface area contributed by atoms with Gasteiger partial charge in [-0.05, 0) is 67.4 Å². The van der Waals surface area contributed by atoms with Crippen molar-refractivity contribution in [3.63, 3.8) is 0 Å². The Morgan fingerprint density at radius 3 is 2.48 bits per heavy atom. The topological polar surface area (TPSA) is 68.5 Å². The Hall–Kier alpha value is -4.94. The van der Waals surface area contributed by atoms with Crippen molar-refractivity contribution in [2.75, 3.05) is 7.11 Å². The summed E-state index contributed by atoms with van der Waals surface area (Å²) in [7, 11) is 1.63. The number of rotatable bonds is 7. The number of carbonyl (C=O) groups excluding carboxylic acids is 1. The standard InChI is InChI=1S/C35H29ClN4O2/c1-22-9-8-12-28-30(23(2)40(34(22)28)21-25-10-4-6-13-31(25)36)20-37-39-35(41)29-19-33(24-15-17-26(42-3)18-16-24)38-32-14-7-5-11-27(29)32/h4-20H,21H2,1-3H3,(H,39,41)/b37-20+. The van der Waals surface area contributed by atoms with Gasteiger partial charge in [0.2, 0.25) is 0 Å². The molecule has 0 aliphatic carbocycles. The summed E-state index contributed by atoms with van der Waals surface area (Å²) in [6, 6.07) is 31.1. The molecule has 2 aromatic heterocycles.